The number of H-pyrrole nitrogens is 1. The Bertz CT molecular complexity index is 919. The van der Waals surface area contributed by atoms with Gasteiger partial charge in [-0.15, -0.1) is 0 Å². The molecule has 0 unspecified atom stereocenters. The van der Waals surface area contributed by atoms with E-state index in [1.807, 2.05) is 18.2 Å². The second-order valence-electron chi connectivity index (χ2n) is 5.59. The molecule has 3 aromatic rings. The van der Waals surface area contributed by atoms with Gasteiger partial charge in [-0.1, -0.05) is 23.2 Å². The van der Waals surface area contributed by atoms with Gasteiger partial charge in [0.05, 0.1) is 5.56 Å². The van der Waals surface area contributed by atoms with Crippen molar-refractivity contribution in [2.75, 3.05) is 6.54 Å². The zero-order chi connectivity index (χ0) is 16.0. The molecular weight excluding hydrogens is 333 g/mol. The van der Waals surface area contributed by atoms with E-state index < -0.39 is 0 Å². The average molecular weight is 346 g/mol. The molecule has 23 heavy (non-hydrogen) atoms. The van der Waals surface area contributed by atoms with Gasteiger partial charge in [-0.3, -0.25) is 4.79 Å². The number of aromatic amines is 1. The van der Waals surface area contributed by atoms with Crippen LogP contribution in [0.15, 0.2) is 36.5 Å². The Labute approximate surface area is 143 Å². The van der Waals surface area contributed by atoms with Crippen LogP contribution in [0.3, 0.4) is 0 Å². The third-order valence-electron chi connectivity index (χ3n) is 4.21. The molecule has 1 aromatic carbocycles. The number of halogens is 2. The van der Waals surface area contributed by atoms with Crippen molar-refractivity contribution in [3.63, 3.8) is 0 Å². The molecule has 6 heteroatoms. The Morgan fingerprint density at radius 2 is 2.13 bits per heavy atom. The molecule has 0 bridgehead atoms. The highest BCUT2D eigenvalue weighted by Crippen LogP contribution is 2.30. The summed E-state index contributed by atoms with van der Waals surface area (Å²) in [6.45, 7) is 1.19. The van der Waals surface area contributed by atoms with E-state index >= 15 is 0 Å². The van der Waals surface area contributed by atoms with Crippen LogP contribution in [0.25, 0.3) is 10.9 Å². The number of hydrogen-bond acceptors (Lipinski definition) is 2. The van der Waals surface area contributed by atoms with Gasteiger partial charge in [0.15, 0.2) is 0 Å². The van der Waals surface area contributed by atoms with Crippen LogP contribution < -0.4 is 0 Å². The van der Waals surface area contributed by atoms with E-state index in [2.05, 4.69) is 9.97 Å². The number of carbonyl (C=O) groups is 1. The minimum atomic E-state index is -0.0925. The van der Waals surface area contributed by atoms with Crippen LogP contribution in [0, 0.1) is 0 Å². The third kappa shape index (κ3) is 2.48. The fourth-order valence-electron chi connectivity index (χ4n) is 3.08. The van der Waals surface area contributed by atoms with Crippen molar-refractivity contribution in [1.29, 1.82) is 0 Å². The Hall–Kier alpha value is -2.04. The van der Waals surface area contributed by atoms with E-state index in [0.29, 0.717) is 23.7 Å². The Balaban J connectivity index is 1.71. The molecule has 4 rings (SSSR count). The third-order valence-corrected chi connectivity index (χ3v) is 4.75. The van der Waals surface area contributed by atoms with Crippen LogP contribution in [-0.4, -0.2) is 27.3 Å². The fourth-order valence-corrected chi connectivity index (χ4v) is 3.45. The number of pyridine rings is 1. The first-order chi connectivity index (χ1) is 11.1. The Kier molecular flexibility index (Phi) is 3.51. The first-order valence-electron chi connectivity index (χ1n) is 7.32. The van der Waals surface area contributed by atoms with Crippen molar-refractivity contribution >= 4 is 40.0 Å². The molecule has 116 valence electrons. The van der Waals surface area contributed by atoms with E-state index in [4.69, 9.17) is 23.2 Å². The van der Waals surface area contributed by atoms with Gasteiger partial charge in [-0.05, 0) is 30.3 Å². The summed E-state index contributed by atoms with van der Waals surface area (Å²) in [5, 5.41) is 2.01. The number of carbonyl (C=O) groups excluding carboxylic acids is 1. The van der Waals surface area contributed by atoms with Gasteiger partial charge in [0.1, 0.15) is 5.15 Å². The van der Waals surface area contributed by atoms with Crippen LogP contribution in [0.2, 0.25) is 10.2 Å². The molecule has 0 radical (unpaired) electrons. The lowest BCUT2D eigenvalue weighted by Gasteiger charge is -2.27. The molecular formula is C17H13Cl2N3O. The van der Waals surface area contributed by atoms with Crippen molar-refractivity contribution < 1.29 is 4.79 Å². The maximum atomic E-state index is 12.7. The maximum Gasteiger partial charge on any atom is 0.257 e. The molecule has 2 aromatic heterocycles. The van der Waals surface area contributed by atoms with Gasteiger partial charge in [0, 0.05) is 52.9 Å². The zero-order valence-electron chi connectivity index (χ0n) is 12.1. The minimum Gasteiger partial charge on any atom is -0.358 e. The van der Waals surface area contributed by atoms with E-state index in [-0.39, 0.29) is 11.1 Å². The highest BCUT2D eigenvalue weighted by Gasteiger charge is 2.26. The smallest absolute Gasteiger partial charge is 0.257 e. The molecule has 0 aliphatic carbocycles. The summed E-state index contributed by atoms with van der Waals surface area (Å²) in [7, 11) is 0. The molecule has 0 saturated heterocycles. The van der Waals surface area contributed by atoms with Crippen molar-refractivity contribution in [2.24, 2.45) is 0 Å². The van der Waals surface area contributed by atoms with Crippen LogP contribution in [0.5, 0.6) is 0 Å². The van der Waals surface area contributed by atoms with Gasteiger partial charge in [-0.2, -0.15) is 0 Å². The molecule has 1 aliphatic rings. The molecule has 4 nitrogen and oxygen atoms in total. The fraction of sp³-hybridized carbons (Fsp3) is 0.176. The van der Waals surface area contributed by atoms with E-state index in [1.54, 1.807) is 23.2 Å². The molecule has 0 spiro atoms. The number of nitrogens with zero attached hydrogens (tertiary/aromatic N) is 2. The standard InChI is InChI=1S/C17H13Cl2N3O/c18-10-3-4-14-12(8-10)13-9-22(7-5-15(13)21-14)17(23)11-2-1-6-20-16(11)19/h1-4,6,8,21H,5,7,9H2. The van der Waals surface area contributed by atoms with Crippen molar-refractivity contribution in [3.05, 3.63) is 63.5 Å². The summed E-state index contributed by atoms with van der Waals surface area (Å²) in [4.78, 5) is 21.9. The SMILES string of the molecule is O=C(c1cccnc1Cl)N1CCc2[nH]c3ccc(Cl)cc3c2C1. The summed E-state index contributed by atoms with van der Waals surface area (Å²) in [5.74, 6) is -0.0925. The highest BCUT2D eigenvalue weighted by atomic mass is 35.5. The van der Waals surface area contributed by atoms with Crippen molar-refractivity contribution in [2.45, 2.75) is 13.0 Å². The van der Waals surface area contributed by atoms with Crippen LogP contribution in [0.4, 0.5) is 0 Å². The molecule has 1 amide bonds. The summed E-state index contributed by atoms with van der Waals surface area (Å²) in [5.41, 5.74) is 3.79. The number of aromatic nitrogens is 2. The minimum absolute atomic E-state index is 0.0925. The number of rotatable bonds is 1. The molecule has 0 saturated carbocycles. The molecule has 1 N–H and O–H groups in total. The van der Waals surface area contributed by atoms with Crippen molar-refractivity contribution in [1.82, 2.24) is 14.9 Å². The van der Waals surface area contributed by atoms with Gasteiger partial charge in [0.2, 0.25) is 0 Å². The summed E-state index contributed by atoms with van der Waals surface area (Å²) in [6.07, 6.45) is 2.36. The maximum absolute atomic E-state index is 12.7. The van der Waals surface area contributed by atoms with Gasteiger partial charge < -0.3 is 9.88 Å². The van der Waals surface area contributed by atoms with E-state index in [9.17, 15) is 4.79 Å². The Morgan fingerprint density at radius 3 is 2.96 bits per heavy atom. The zero-order valence-corrected chi connectivity index (χ0v) is 13.7. The lowest BCUT2D eigenvalue weighted by Crippen LogP contribution is -2.36. The van der Waals surface area contributed by atoms with Crippen molar-refractivity contribution in [3.8, 4) is 0 Å². The largest absolute Gasteiger partial charge is 0.358 e. The highest BCUT2D eigenvalue weighted by molar-refractivity contribution is 6.32. The number of nitrogens with one attached hydrogen (secondary N) is 1. The normalized spacial score (nSPS) is 14.1. The van der Waals surface area contributed by atoms with Crippen LogP contribution in [-0.2, 0) is 13.0 Å². The second kappa shape index (κ2) is 5.55. The monoisotopic (exact) mass is 345 g/mol. The predicted octanol–water partition coefficient (Wildman–Crippen LogP) is 4.07. The second-order valence-corrected chi connectivity index (χ2v) is 6.38. The van der Waals surface area contributed by atoms with Gasteiger partial charge in [0.25, 0.3) is 5.91 Å². The Morgan fingerprint density at radius 1 is 1.26 bits per heavy atom. The average Bonchev–Trinajstić information content (AvgIpc) is 2.92. The van der Waals surface area contributed by atoms with E-state index in [0.717, 1.165) is 22.9 Å². The summed E-state index contributed by atoms with van der Waals surface area (Å²) >= 11 is 12.2. The van der Waals surface area contributed by atoms with Gasteiger partial charge in [-0.25, -0.2) is 4.98 Å². The van der Waals surface area contributed by atoms with Crippen LogP contribution >= 0.6 is 23.2 Å². The number of amides is 1. The number of benzene rings is 1. The first kappa shape index (κ1) is 14.5. The predicted molar refractivity (Wildman–Crippen MR) is 91.0 cm³/mol. The lowest BCUT2D eigenvalue weighted by molar-refractivity contribution is 0.0735. The lowest BCUT2D eigenvalue weighted by atomic mass is 10.0. The quantitative estimate of drug-likeness (QED) is 0.676. The molecule has 0 fully saturated rings. The summed E-state index contributed by atoms with van der Waals surface area (Å²) in [6, 6.07) is 9.21. The number of hydrogen-bond donors (Lipinski definition) is 1. The molecule has 0 atom stereocenters. The number of fused-ring (bicyclic) bond motifs is 3. The summed E-state index contributed by atoms with van der Waals surface area (Å²) < 4.78 is 0. The molecule has 3 heterocycles. The van der Waals surface area contributed by atoms with Crippen LogP contribution in [0.1, 0.15) is 21.6 Å². The first-order valence-corrected chi connectivity index (χ1v) is 8.08. The van der Waals surface area contributed by atoms with E-state index in [1.165, 1.54) is 5.69 Å². The molecule has 1 aliphatic heterocycles. The topological polar surface area (TPSA) is 49.0 Å². The van der Waals surface area contributed by atoms with Gasteiger partial charge >= 0.3 is 0 Å².